The molecule has 1 N–H and O–H groups in total. The van der Waals surface area contributed by atoms with Gasteiger partial charge in [-0.15, -0.1) is 11.8 Å². The molecule has 0 radical (unpaired) electrons. The van der Waals surface area contributed by atoms with E-state index in [0.29, 0.717) is 38.6 Å². The van der Waals surface area contributed by atoms with Crippen LogP contribution in [0.3, 0.4) is 0 Å². The zero-order chi connectivity index (χ0) is 21.4. The highest BCUT2D eigenvalue weighted by atomic mass is 32.2. The number of ether oxygens (including phenoxy) is 2. The van der Waals surface area contributed by atoms with Crippen LogP contribution < -0.4 is 10.1 Å². The molecule has 0 bridgehead atoms. The molecular weight excluding hydrogens is 424 g/mol. The summed E-state index contributed by atoms with van der Waals surface area (Å²) in [6, 6.07) is 14.6. The summed E-state index contributed by atoms with van der Waals surface area (Å²) in [5, 5.41) is 2.79. The smallest absolute Gasteiger partial charge is 0.246 e. The molecule has 9 heteroatoms. The number of nitrogens with zero attached hydrogens (tertiary/aromatic N) is 1. The van der Waals surface area contributed by atoms with E-state index in [9.17, 15) is 13.2 Å². The molecule has 0 spiro atoms. The van der Waals surface area contributed by atoms with Gasteiger partial charge in [0.2, 0.25) is 15.9 Å². The average molecular weight is 451 g/mol. The minimum Gasteiger partial charge on any atom is -0.492 e. The number of hydrogen-bond acceptors (Lipinski definition) is 6. The third kappa shape index (κ3) is 5.98. The lowest BCUT2D eigenvalue weighted by atomic mass is 10.2. The molecule has 162 valence electrons. The topological polar surface area (TPSA) is 84.9 Å². The van der Waals surface area contributed by atoms with Gasteiger partial charge in [-0.1, -0.05) is 30.3 Å². The Kier molecular flexibility index (Phi) is 8.15. The van der Waals surface area contributed by atoms with Gasteiger partial charge in [-0.25, -0.2) is 8.42 Å². The van der Waals surface area contributed by atoms with E-state index >= 15 is 0 Å². The Bertz CT molecular complexity index is 945. The summed E-state index contributed by atoms with van der Waals surface area (Å²) < 4.78 is 38.4. The van der Waals surface area contributed by atoms with Crippen LogP contribution in [0.25, 0.3) is 0 Å². The predicted molar refractivity (Wildman–Crippen MR) is 118 cm³/mol. The van der Waals surface area contributed by atoms with E-state index in [-0.39, 0.29) is 22.3 Å². The SMILES string of the molecule is CCOc1ccc(NC(=O)CSCc2ccccc2)cc1S(=O)(=O)N1CCOCC1. The van der Waals surface area contributed by atoms with E-state index in [4.69, 9.17) is 9.47 Å². The van der Waals surface area contributed by atoms with Crippen LogP contribution in [0.1, 0.15) is 12.5 Å². The fourth-order valence-corrected chi connectivity index (χ4v) is 5.37. The van der Waals surface area contributed by atoms with E-state index in [1.54, 1.807) is 19.1 Å². The lowest BCUT2D eigenvalue weighted by Gasteiger charge is -2.27. The van der Waals surface area contributed by atoms with Crippen LogP contribution in [0.2, 0.25) is 0 Å². The minimum absolute atomic E-state index is 0.0565. The van der Waals surface area contributed by atoms with Gasteiger partial charge in [-0.05, 0) is 30.7 Å². The fraction of sp³-hybridized carbons (Fsp3) is 0.381. The Morgan fingerprint density at radius 3 is 2.60 bits per heavy atom. The van der Waals surface area contributed by atoms with Crippen molar-refractivity contribution in [3.05, 3.63) is 54.1 Å². The molecule has 7 nitrogen and oxygen atoms in total. The molecule has 1 fully saturated rings. The first kappa shape index (κ1) is 22.6. The summed E-state index contributed by atoms with van der Waals surface area (Å²) in [6.45, 7) is 3.44. The maximum absolute atomic E-state index is 13.1. The number of rotatable bonds is 9. The summed E-state index contributed by atoms with van der Waals surface area (Å²) >= 11 is 1.50. The number of nitrogens with one attached hydrogen (secondary N) is 1. The lowest BCUT2D eigenvalue weighted by molar-refractivity contribution is -0.113. The highest BCUT2D eigenvalue weighted by Crippen LogP contribution is 2.30. The molecule has 1 saturated heterocycles. The van der Waals surface area contributed by atoms with Gasteiger partial charge in [0, 0.05) is 24.5 Å². The van der Waals surface area contributed by atoms with E-state index < -0.39 is 10.0 Å². The standard InChI is InChI=1S/C21H26N2O5S2/c1-2-28-19-9-8-18(14-20(19)30(25,26)23-10-12-27-13-11-23)22-21(24)16-29-15-17-6-4-3-5-7-17/h3-9,14H,2,10-13,15-16H2,1H3,(H,22,24). The summed E-state index contributed by atoms with van der Waals surface area (Å²) in [6.07, 6.45) is 0. The van der Waals surface area contributed by atoms with Crippen molar-refractivity contribution in [2.45, 2.75) is 17.6 Å². The maximum Gasteiger partial charge on any atom is 0.246 e. The quantitative estimate of drug-likeness (QED) is 0.632. The summed E-state index contributed by atoms with van der Waals surface area (Å²) in [7, 11) is -3.75. The third-order valence-corrected chi connectivity index (χ3v) is 7.38. The first-order chi connectivity index (χ1) is 14.5. The number of carbonyl (C=O) groups is 1. The Hall–Kier alpha value is -2.07. The number of hydrogen-bond donors (Lipinski definition) is 1. The molecule has 1 aliphatic rings. The van der Waals surface area contributed by atoms with Gasteiger partial charge in [-0.2, -0.15) is 4.31 Å². The second kappa shape index (κ2) is 10.8. The second-order valence-corrected chi connectivity index (χ2v) is 9.53. The summed E-state index contributed by atoms with van der Waals surface area (Å²) in [5.74, 6) is 1.09. The number of carbonyl (C=O) groups excluding carboxylic acids is 1. The van der Waals surface area contributed by atoms with E-state index in [0.717, 1.165) is 11.3 Å². The van der Waals surface area contributed by atoms with Crippen LogP contribution in [0.5, 0.6) is 5.75 Å². The van der Waals surface area contributed by atoms with E-state index in [1.807, 2.05) is 30.3 Å². The maximum atomic E-state index is 13.1. The van der Waals surface area contributed by atoms with Crippen molar-refractivity contribution in [1.29, 1.82) is 0 Å². The number of morpholine rings is 1. The van der Waals surface area contributed by atoms with Gasteiger partial charge < -0.3 is 14.8 Å². The molecule has 30 heavy (non-hydrogen) atoms. The third-order valence-electron chi connectivity index (χ3n) is 4.46. The molecule has 1 aliphatic heterocycles. The van der Waals surface area contributed by atoms with Gasteiger partial charge in [-0.3, -0.25) is 4.79 Å². The number of anilines is 1. The molecule has 0 aliphatic carbocycles. The summed E-state index contributed by atoms with van der Waals surface area (Å²) in [5.41, 5.74) is 1.57. The van der Waals surface area contributed by atoms with Crippen LogP contribution in [0.4, 0.5) is 5.69 Å². The lowest BCUT2D eigenvalue weighted by Crippen LogP contribution is -2.40. The van der Waals surface area contributed by atoms with Crippen molar-refractivity contribution in [3.8, 4) is 5.75 Å². The first-order valence-corrected chi connectivity index (χ1v) is 12.4. The second-order valence-electron chi connectivity index (χ2n) is 6.64. The van der Waals surface area contributed by atoms with Gasteiger partial charge >= 0.3 is 0 Å². The van der Waals surface area contributed by atoms with Crippen molar-refractivity contribution in [2.75, 3.05) is 44.0 Å². The van der Waals surface area contributed by atoms with Crippen LogP contribution in [-0.4, -0.2) is 57.3 Å². The molecule has 0 saturated carbocycles. The minimum atomic E-state index is -3.75. The predicted octanol–water partition coefficient (Wildman–Crippen LogP) is 2.98. The molecular formula is C21H26N2O5S2. The van der Waals surface area contributed by atoms with Crippen molar-refractivity contribution in [2.24, 2.45) is 0 Å². The van der Waals surface area contributed by atoms with Crippen molar-refractivity contribution >= 4 is 33.4 Å². The Labute approximate surface area is 181 Å². The Morgan fingerprint density at radius 1 is 1.17 bits per heavy atom. The van der Waals surface area contributed by atoms with Gasteiger partial charge in [0.25, 0.3) is 0 Å². The fourth-order valence-electron chi connectivity index (χ4n) is 3.02. The number of amides is 1. The van der Waals surface area contributed by atoms with E-state index in [2.05, 4.69) is 5.32 Å². The Morgan fingerprint density at radius 2 is 1.90 bits per heavy atom. The van der Waals surface area contributed by atoms with Gasteiger partial charge in [0.15, 0.2) is 0 Å². The average Bonchev–Trinajstić information content (AvgIpc) is 2.76. The Balaban J connectivity index is 1.69. The molecule has 1 heterocycles. The zero-order valence-corrected chi connectivity index (χ0v) is 18.5. The summed E-state index contributed by atoms with van der Waals surface area (Å²) in [4.78, 5) is 12.4. The van der Waals surface area contributed by atoms with Crippen LogP contribution in [0, 0.1) is 0 Å². The number of thioether (sulfide) groups is 1. The largest absolute Gasteiger partial charge is 0.492 e. The number of benzene rings is 2. The molecule has 0 atom stereocenters. The molecule has 0 aromatic heterocycles. The number of sulfonamides is 1. The van der Waals surface area contributed by atoms with Gasteiger partial charge in [0.1, 0.15) is 10.6 Å². The van der Waals surface area contributed by atoms with Crippen molar-refractivity contribution < 1.29 is 22.7 Å². The monoisotopic (exact) mass is 450 g/mol. The molecule has 2 aromatic carbocycles. The van der Waals surface area contributed by atoms with Gasteiger partial charge in [0.05, 0.1) is 25.6 Å². The molecule has 3 rings (SSSR count). The van der Waals surface area contributed by atoms with Crippen molar-refractivity contribution in [1.82, 2.24) is 4.31 Å². The van der Waals surface area contributed by atoms with Crippen LogP contribution >= 0.6 is 11.8 Å². The van der Waals surface area contributed by atoms with Crippen LogP contribution in [0.15, 0.2) is 53.4 Å². The zero-order valence-electron chi connectivity index (χ0n) is 16.9. The highest BCUT2D eigenvalue weighted by molar-refractivity contribution is 7.99. The van der Waals surface area contributed by atoms with Crippen molar-refractivity contribution in [3.63, 3.8) is 0 Å². The normalized spacial score (nSPS) is 15.0. The molecule has 2 aromatic rings. The van der Waals surface area contributed by atoms with Crippen LogP contribution in [-0.2, 0) is 25.3 Å². The first-order valence-electron chi connectivity index (χ1n) is 9.77. The molecule has 1 amide bonds. The molecule has 0 unspecified atom stereocenters. The highest BCUT2D eigenvalue weighted by Gasteiger charge is 2.29. The van der Waals surface area contributed by atoms with E-state index in [1.165, 1.54) is 22.1 Å².